The number of hydrogen-bond acceptors (Lipinski definition) is 6. The highest BCUT2D eigenvalue weighted by molar-refractivity contribution is 7.92. The number of rotatable bonds is 4. The summed E-state index contributed by atoms with van der Waals surface area (Å²) in [5, 5.41) is 7.49. The minimum absolute atomic E-state index is 0.166. The van der Waals surface area contributed by atoms with Crippen LogP contribution in [0, 0.1) is 6.92 Å². The lowest BCUT2D eigenvalue weighted by molar-refractivity contribution is -0.137. The molecule has 1 aliphatic rings. The third-order valence-electron chi connectivity index (χ3n) is 4.84. The third-order valence-corrected chi connectivity index (χ3v) is 5.43. The van der Waals surface area contributed by atoms with Crippen molar-refractivity contribution in [3.8, 4) is 11.3 Å². The van der Waals surface area contributed by atoms with E-state index in [-0.39, 0.29) is 22.8 Å². The molecule has 2 aromatic rings. The van der Waals surface area contributed by atoms with Crippen molar-refractivity contribution in [3.63, 3.8) is 0 Å². The van der Waals surface area contributed by atoms with Gasteiger partial charge in [-0.3, -0.25) is 4.72 Å². The Hall–Kier alpha value is -2.47. The molecular formula is C20H27F4N5O2S. The van der Waals surface area contributed by atoms with Crippen molar-refractivity contribution in [3.05, 3.63) is 35.4 Å². The van der Waals surface area contributed by atoms with E-state index in [0.717, 1.165) is 44.3 Å². The SMILES string of the molecule is CCN1CCCC(F)C1.Cc1cc(-c2ccc(C(F)(F)F)cc2NS(C)(=O)=O)nnc1N. The smallest absolute Gasteiger partial charge is 0.382 e. The van der Waals surface area contributed by atoms with E-state index in [2.05, 4.69) is 26.7 Å². The Morgan fingerprint density at radius 2 is 1.94 bits per heavy atom. The highest BCUT2D eigenvalue weighted by Crippen LogP contribution is 2.36. The second-order valence-corrected chi connectivity index (χ2v) is 9.31. The minimum Gasteiger partial charge on any atom is -0.382 e. The number of hydrogen-bond donors (Lipinski definition) is 2. The number of aryl methyl sites for hydroxylation is 1. The molecule has 32 heavy (non-hydrogen) atoms. The van der Waals surface area contributed by atoms with Crippen LogP contribution in [0.25, 0.3) is 11.3 Å². The molecule has 1 fully saturated rings. The van der Waals surface area contributed by atoms with Gasteiger partial charge in [-0.1, -0.05) is 13.0 Å². The number of anilines is 2. The molecule has 7 nitrogen and oxygen atoms in total. The molecule has 0 amide bonds. The average molecular weight is 478 g/mol. The van der Waals surface area contributed by atoms with Crippen LogP contribution in [0.1, 0.15) is 30.9 Å². The largest absolute Gasteiger partial charge is 0.416 e. The van der Waals surface area contributed by atoms with Gasteiger partial charge in [-0.15, -0.1) is 10.2 Å². The van der Waals surface area contributed by atoms with E-state index in [1.54, 1.807) is 6.92 Å². The third kappa shape index (κ3) is 7.59. The fourth-order valence-corrected chi connectivity index (χ4v) is 3.71. The van der Waals surface area contributed by atoms with Crippen LogP contribution in [0.4, 0.5) is 29.1 Å². The fourth-order valence-electron chi connectivity index (χ4n) is 3.14. The summed E-state index contributed by atoms with van der Waals surface area (Å²) < 4.78 is 76.0. The number of sulfonamides is 1. The molecule has 1 saturated heterocycles. The molecular weight excluding hydrogens is 450 g/mol. The van der Waals surface area contributed by atoms with Crippen LogP contribution in [0.15, 0.2) is 24.3 Å². The first-order chi connectivity index (χ1) is 14.8. The summed E-state index contributed by atoms with van der Waals surface area (Å²) >= 11 is 0. The Morgan fingerprint density at radius 1 is 1.25 bits per heavy atom. The normalized spacial score (nSPS) is 17.4. The molecule has 0 radical (unpaired) electrons. The number of alkyl halides is 4. The number of piperidine rings is 1. The van der Waals surface area contributed by atoms with Crippen LogP contribution in [0.3, 0.4) is 0 Å². The van der Waals surface area contributed by atoms with E-state index >= 15 is 0 Å². The van der Waals surface area contributed by atoms with Crippen molar-refractivity contribution in [1.82, 2.24) is 15.1 Å². The van der Waals surface area contributed by atoms with Crippen LogP contribution in [0.5, 0.6) is 0 Å². The molecule has 1 atom stereocenters. The highest BCUT2D eigenvalue weighted by atomic mass is 32.2. The first-order valence-electron chi connectivity index (χ1n) is 9.95. The maximum absolute atomic E-state index is 12.8. The quantitative estimate of drug-likeness (QED) is 0.649. The first kappa shape index (κ1) is 25.8. The van der Waals surface area contributed by atoms with Crippen LogP contribution < -0.4 is 10.5 Å². The Bertz CT molecular complexity index is 1030. The Labute approximate surface area is 185 Å². The molecule has 12 heteroatoms. The summed E-state index contributed by atoms with van der Waals surface area (Å²) in [5.41, 5.74) is 5.28. The number of likely N-dealkylation sites (tertiary alicyclic amines) is 1. The van der Waals surface area contributed by atoms with E-state index < -0.39 is 27.9 Å². The number of aromatic nitrogens is 2. The topological polar surface area (TPSA) is 101 Å². The van der Waals surface area contributed by atoms with Gasteiger partial charge in [0, 0.05) is 12.1 Å². The zero-order chi connectivity index (χ0) is 24.1. The Morgan fingerprint density at radius 3 is 2.44 bits per heavy atom. The van der Waals surface area contributed by atoms with Crippen LogP contribution in [-0.2, 0) is 16.2 Å². The molecule has 0 saturated carbocycles. The molecule has 1 aromatic carbocycles. The number of nitrogens with zero attached hydrogens (tertiary/aromatic N) is 3. The second-order valence-electron chi connectivity index (χ2n) is 7.56. The van der Waals surface area contributed by atoms with Gasteiger partial charge in [0.15, 0.2) is 0 Å². The fraction of sp³-hybridized carbons (Fsp3) is 0.500. The summed E-state index contributed by atoms with van der Waals surface area (Å²) in [4.78, 5) is 2.16. The van der Waals surface area contributed by atoms with Crippen LogP contribution in [-0.4, -0.2) is 55.6 Å². The van der Waals surface area contributed by atoms with E-state index in [9.17, 15) is 26.0 Å². The van der Waals surface area contributed by atoms with Gasteiger partial charge in [-0.05, 0) is 56.6 Å². The maximum atomic E-state index is 12.8. The summed E-state index contributed by atoms with van der Waals surface area (Å²) in [7, 11) is -3.78. The van der Waals surface area contributed by atoms with E-state index in [1.165, 1.54) is 6.07 Å². The van der Waals surface area contributed by atoms with Crippen molar-refractivity contribution in [1.29, 1.82) is 0 Å². The van der Waals surface area contributed by atoms with E-state index in [1.807, 2.05) is 0 Å². The van der Waals surface area contributed by atoms with Gasteiger partial charge in [0.1, 0.15) is 12.0 Å². The summed E-state index contributed by atoms with van der Waals surface area (Å²) in [6, 6.07) is 4.20. The Balaban J connectivity index is 0.000000336. The molecule has 1 aliphatic heterocycles. The summed E-state index contributed by atoms with van der Waals surface area (Å²) in [6.07, 6.45) is -2.50. The van der Waals surface area contributed by atoms with Crippen molar-refractivity contribution < 1.29 is 26.0 Å². The lowest BCUT2D eigenvalue weighted by Gasteiger charge is -2.27. The molecule has 2 heterocycles. The maximum Gasteiger partial charge on any atom is 0.416 e. The van der Waals surface area contributed by atoms with Crippen molar-refractivity contribution in [2.24, 2.45) is 0 Å². The Kier molecular flexibility index (Phi) is 8.41. The molecule has 3 N–H and O–H groups in total. The first-order valence-corrected chi connectivity index (χ1v) is 11.8. The monoisotopic (exact) mass is 477 g/mol. The molecule has 1 aromatic heterocycles. The lowest BCUT2D eigenvalue weighted by atomic mass is 10.0. The van der Waals surface area contributed by atoms with Gasteiger partial charge in [0.2, 0.25) is 10.0 Å². The summed E-state index contributed by atoms with van der Waals surface area (Å²) in [6.45, 7) is 6.49. The van der Waals surface area contributed by atoms with E-state index in [0.29, 0.717) is 18.2 Å². The predicted octanol–water partition coefficient (Wildman–Crippen LogP) is 3.86. The van der Waals surface area contributed by atoms with Crippen molar-refractivity contribution in [2.75, 3.05) is 36.3 Å². The van der Waals surface area contributed by atoms with Crippen molar-refractivity contribution in [2.45, 2.75) is 39.0 Å². The number of nitrogen functional groups attached to an aromatic ring is 1. The predicted molar refractivity (Wildman–Crippen MR) is 116 cm³/mol. The van der Waals surface area contributed by atoms with Gasteiger partial charge >= 0.3 is 6.18 Å². The van der Waals surface area contributed by atoms with Gasteiger partial charge in [0.25, 0.3) is 0 Å². The molecule has 0 spiro atoms. The number of nitrogens with one attached hydrogen (secondary N) is 1. The van der Waals surface area contributed by atoms with Gasteiger partial charge in [0.05, 0.1) is 23.2 Å². The minimum atomic E-state index is -4.60. The lowest BCUT2D eigenvalue weighted by Crippen LogP contribution is -2.35. The van der Waals surface area contributed by atoms with Gasteiger partial charge in [-0.2, -0.15) is 13.2 Å². The van der Waals surface area contributed by atoms with Gasteiger partial charge in [-0.25, -0.2) is 12.8 Å². The highest BCUT2D eigenvalue weighted by Gasteiger charge is 2.31. The number of nitrogens with two attached hydrogens (primary N) is 1. The molecule has 1 unspecified atom stereocenters. The van der Waals surface area contributed by atoms with Crippen LogP contribution in [0.2, 0.25) is 0 Å². The van der Waals surface area contributed by atoms with Crippen LogP contribution >= 0.6 is 0 Å². The molecule has 178 valence electrons. The zero-order valence-corrected chi connectivity index (χ0v) is 18.9. The second kappa shape index (κ2) is 10.4. The molecule has 0 bridgehead atoms. The standard InChI is InChI=1S/C13H13F3N4O2S.C7H14FN/c1-7-5-10(18-19-12(7)17)9-4-3-8(13(14,15)16)6-11(9)20-23(2,21)22;1-2-9-5-3-4-7(8)6-9/h3-6,20H,1-2H3,(H2,17,19);7H,2-6H2,1H3. The van der Waals surface area contributed by atoms with Crippen molar-refractivity contribution >= 4 is 21.5 Å². The number of halogens is 4. The molecule has 0 aliphatic carbocycles. The summed E-state index contributed by atoms with van der Waals surface area (Å²) in [5.74, 6) is 0.179. The number of benzene rings is 1. The average Bonchev–Trinajstić information content (AvgIpc) is 2.69. The zero-order valence-electron chi connectivity index (χ0n) is 18.1. The van der Waals surface area contributed by atoms with Gasteiger partial charge < -0.3 is 10.6 Å². The molecule has 3 rings (SSSR count). The van der Waals surface area contributed by atoms with E-state index in [4.69, 9.17) is 5.73 Å².